The molecule has 0 heterocycles. The van der Waals surface area contributed by atoms with Crippen molar-refractivity contribution in [3.8, 4) is 0 Å². The van der Waals surface area contributed by atoms with Gasteiger partial charge in [-0.25, -0.2) is 0 Å². The van der Waals surface area contributed by atoms with Gasteiger partial charge in [0.15, 0.2) is 6.10 Å². The van der Waals surface area contributed by atoms with E-state index in [4.69, 9.17) is 14.2 Å². The van der Waals surface area contributed by atoms with Gasteiger partial charge < -0.3 is 14.2 Å². The van der Waals surface area contributed by atoms with Crippen LogP contribution in [0.1, 0.15) is 273 Å². The molecule has 0 saturated carbocycles. The lowest BCUT2D eigenvalue weighted by molar-refractivity contribution is -0.167. The highest BCUT2D eigenvalue weighted by molar-refractivity contribution is 5.71. The minimum absolute atomic E-state index is 0.0654. The lowest BCUT2D eigenvalue weighted by atomic mass is 10.0. The summed E-state index contributed by atoms with van der Waals surface area (Å²) in [6.45, 7) is 13.7. The first-order valence-corrected chi connectivity index (χ1v) is 25.1. The number of hydrogen-bond donors (Lipinski definition) is 0. The molecule has 0 amide bonds. The van der Waals surface area contributed by atoms with Crippen LogP contribution in [0.3, 0.4) is 0 Å². The molecular formula is C51H98O6. The summed E-state index contributed by atoms with van der Waals surface area (Å²) in [6.07, 6.45) is 41.0. The first kappa shape index (κ1) is 55.4. The Bertz CT molecular complexity index is 883. The minimum atomic E-state index is -0.762. The van der Waals surface area contributed by atoms with Crippen LogP contribution in [0.2, 0.25) is 0 Å². The van der Waals surface area contributed by atoms with E-state index in [0.29, 0.717) is 19.3 Å². The van der Waals surface area contributed by atoms with Crippen molar-refractivity contribution >= 4 is 17.9 Å². The van der Waals surface area contributed by atoms with E-state index >= 15 is 0 Å². The van der Waals surface area contributed by atoms with E-state index in [0.717, 1.165) is 75.5 Å². The van der Waals surface area contributed by atoms with Crippen molar-refractivity contribution in [2.75, 3.05) is 13.2 Å². The summed E-state index contributed by atoms with van der Waals surface area (Å²) >= 11 is 0. The lowest BCUT2D eigenvalue weighted by Crippen LogP contribution is -2.30. The maximum atomic E-state index is 12.8. The monoisotopic (exact) mass is 807 g/mol. The average Bonchev–Trinajstić information content (AvgIpc) is 3.16. The molecule has 6 nitrogen and oxygen atoms in total. The van der Waals surface area contributed by atoms with E-state index in [1.807, 2.05) is 0 Å². The van der Waals surface area contributed by atoms with Gasteiger partial charge in [-0.1, -0.05) is 234 Å². The van der Waals surface area contributed by atoms with Gasteiger partial charge in [0.25, 0.3) is 0 Å². The van der Waals surface area contributed by atoms with Crippen LogP contribution in [-0.2, 0) is 28.6 Å². The van der Waals surface area contributed by atoms with Crippen molar-refractivity contribution in [2.24, 2.45) is 17.8 Å². The van der Waals surface area contributed by atoms with Crippen molar-refractivity contribution in [2.45, 2.75) is 279 Å². The average molecular weight is 807 g/mol. The van der Waals surface area contributed by atoms with Crippen LogP contribution in [0.4, 0.5) is 0 Å². The first-order valence-electron chi connectivity index (χ1n) is 25.1. The van der Waals surface area contributed by atoms with Crippen LogP contribution in [-0.4, -0.2) is 37.2 Å². The summed E-state index contributed by atoms with van der Waals surface area (Å²) in [4.78, 5) is 37.9. The van der Waals surface area contributed by atoms with Crippen molar-refractivity contribution in [1.29, 1.82) is 0 Å². The van der Waals surface area contributed by atoms with E-state index in [1.54, 1.807) is 0 Å². The molecule has 0 aliphatic heterocycles. The molecule has 0 fully saturated rings. The number of unbranched alkanes of at least 4 members (excludes halogenated alkanes) is 27. The van der Waals surface area contributed by atoms with Gasteiger partial charge in [-0.15, -0.1) is 0 Å². The molecule has 0 aromatic rings. The van der Waals surface area contributed by atoms with Gasteiger partial charge in [0.1, 0.15) is 13.2 Å². The van der Waals surface area contributed by atoms with Crippen LogP contribution >= 0.6 is 0 Å². The fraction of sp³-hybridized carbons (Fsp3) is 0.941. The third-order valence-electron chi connectivity index (χ3n) is 11.4. The molecule has 0 N–H and O–H groups in total. The summed E-state index contributed by atoms with van der Waals surface area (Å²) in [6, 6.07) is 0. The van der Waals surface area contributed by atoms with E-state index < -0.39 is 6.10 Å². The Kier molecular flexibility index (Phi) is 41.3. The quantitative estimate of drug-likeness (QED) is 0.0347. The smallest absolute Gasteiger partial charge is 0.306 e. The molecular weight excluding hydrogens is 709 g/mol. The highest BCUT2D eigenvalue weighted by atomic mass is 16.6. The largest absolute Gasteiger partial charge is 0.462 e. The molecule has 0 aromatic carbocycles. The minimum Gasteiger partial charge on any atom is -0.462 e. The van der Waals surface area contributed by atoms with Crippen molar-refractivity contribution in [3.05, 3.63) is 0 Å². The summed E-state index contributed by atoms with van der Waals surface area (Å²) in [5.41, 5.74) is 0. The fourth-order valence-corrected chi connectivity index (χ4v) is 7.59. The zero-order chi connectivity index (χ0) is 42.0. The highest BCUT2D eigenvalue weighted by Crippen LogP contribution is 2.17. The zero-order valence-electron chi connectivity index (χ0n) is 39.1. The summed E-state index contributed by atoms with van der Waals surface area (Å²) in [5, 5.41) is 0. The van der Waals surface area contributed by atoms with Crippen LogP contribution < -0.4 is 0 Å². The number of esters is 3. The molecule has 338 valence electrons. The van der Waals surface area contributed by atoms with Gasteiger partial charge in [-0.05, 0) is 37.0 Å². The Morgan fingerprint density at radius 2 is 0.509 bits per heavy atom. The summed E-state index contributed by atoms with van der Waals surface area (Å²) in [5.74, 6) is 1.58. The molecule has 0 saturated heterocycles. The number of hydrogen-bond acceptors (Lipinski definition) is 6. The summed E-state index contributed by atoms with van der Waals surface area (Å²) < 4.78 is 16.8. The van der Waals surface area contributed by atoms with Crippen molar-refractivity contribution in [3.63, 3.8) is 0 Å². The van der Waals surface area contributed by atoms with E-state index in [2.05, 4.69) is 41.5 Å². The molecule has 0 unspecified atom stereocenters. The number of carbonyl (C=O) groups excluding carboxylic acids is 3. The van der Waals surface area contributed by atoms with Gasteiger partial charge in [0, 0.05) is 19.3 Å². The molecule has 0 aromatic heterocycles. The van der Waals surface area contributed by atoms with Crippen LogP contribution in [0, 0.1) is 17.8 Å². The van der Waals surface area contributed by atoms with Gasteiger partial charge in [0.05, 0.1) is 0 Å². The SMILES string of the molecule is CC(C)CCCCCCCCCCCCCCC(=O)OC[C@H](COC(=O)CCCCCCCCCC(C)C)OC(=O)CCCCCCCCCCCCCC(C)C. The molecule has 57 heavy (non-hydrogen) atoms. The van der Waals surface area contributed by atoms with Crippen LogP contribution in [0.25, 0.3) is 0 Å². The fourth-order valence-electron chi connectivity index (χ4n) is 7.59. The standard InChI is InChI=1S/C51H98O6/c1-45(2)37-31-25-19-14-10-7-8-12-16-22-28-34-40-49(52)55-43-48(44-56-50(53)41-35-29-24-18-21-27-33-39-47(5)6)57-51(54)42-36-30-23-17-13-9-11-15-20-26-32-38-46(3)4/h45-48H,7-44H2,1-6H3/t48-/m1/s1. The molecule has 0 bridgehead atoms. The second-order valence-corrected chi connectivity index (χ2v) is 18.9. The third-order valence-corrected chi connectivity index (χ3v) is 11.4. The zero-order valence-corrected chi connectivity index (χ0v) is 39.1. The Balaban J connectivity index is 4.31. The maximum absolute atomic E-state index is 12.8. The lowest BCUT2D eigenvalue weighted by Gasteiger charge is -2.18. The van der Waals surface area contributed by atoms with Gasteiger partial charge in [0.2, 0.25) is 0 Å². The predicted molar refractivity (Wildman–Crippen MR) is 243 cm³/mol. The van der Waals surface area contributed by atoms with Crippen molar-refractivity contribution < 1.29 is 28.6 Å². The Morgan fingerprint density at radius 3 is 0.754 bits per heavy atom. The van der Waals surface area contributed by atoms with E-state index in [-0.39, 0.29) is 31.1 Å². The van der Waals surface area contributed by atoms with Crippen LogP contribution in [0.15, 0.2) is 0 Å². The second-order valence-electron chi connectivity index (χ2n) is 18.9. The third kappa shape index (κ3) is 45.3. The Hall–Kier alpha value is -1.59. The van der Waals surface area contributed by atoms with Gasteiger partial charge >= 0.3 is 17.9 Å². The molecule has 0 aliphatic rings. The molecule has 0 spiro atoms. The van der Waals surface area contributed by atoms with Gasteiger partial charge in [-0.2, -0.15) is 0 Å². The Labute approximate surface area is 355 Å². The maximum Gasteiger partial charge on any atom is 0.306 e. The molecule has 0 radical (unpaired) electrons. The second kappa shape index (κ2) is 42.5. The predicted octanol–water partition coefficient (Wildman–Crippen LogP) is 16.0. The molecule has 0 aliphatic carbocycles. The highest BCUT2D eigenvalue weighted by Gasteiger charge is 2.19. The number of carbonyl (C=O) groups is 3. The van der Waals surface area contributed by atoms with E-state index in [9.17, 15) is 14.4 Å². The summed E-state index contributed by atoms with van der Waals surface area (Å²) in [7, 11) is 0. The van der Waals surface area contributed by atoms with E-state index in [1.165, 1.54) is 154 Å². The van der Waals surface area contributed by atoms with Crippen LogP contribution in [0.5, 0.6) is 0 Å². The number of rotatable bonds is 44. The van der Waals surface area contributed by atoms with Gasteiger partial charge in [-0.3, -0.25) is 14.4 Å². The Morgan fingerprint density at radius 1 is 0.298 bits per heavy atom. The normalized spacial score (nSPS) is 12.2. The topological polar surface area (TPSA) is 78.9 Å². The first-order chi connectivity index (χ1) is 27.6. The molecule has 0 rings (SSSR count). The van der Waals surface area contributed by atoms with Crippen molar-refractivity contribution in [1.82, 2.24) is 0 Å². The number of ether oxygens (including phenoxy) is 3. The molecule has 6 heteroatoms. The molecule has 1 atom stereocenters.